The maximum atomic E-state index is 5.81. The van der Waals surface area contributed by atoms with Crippen molar-refractivity contribution in [3.05, 3.63) is 11.6 Å². The second-order valence-electron chi connectivity index (χ2n) is 3.78. The number of hydrogen-bond acceptors (Lipinski definition) is 0. The Balaban J connectivity index is 3.78. The molecule has 0 amide bonds. The standard InChI is InChI=1S/C8H17ClSi/c1-8(2)5-6-10(3,4)7-9/h5H,6-7H2,1-4H3. The summed E-state index contributed by atoms with van der Waals surface area (Å²) in [6, 6.07) is 1.22. The van der Waals surface area contributed by atoms with Gasteiger partial charge in [-0.05, 0) is 19.9 Å². The first-order chi connectivity index (χ1) is 4.48. The quantitative estimate of drug-likeness (QED) is 0.351. The van der Waals surface area contributed by atoms with Gasteiger partial charge in [0.05, 0.1) is 8.07 Å². The molecule has 0 fully saturated rings. The first-order valence-electron chi connectivity index (χ1n) is 3.67. The molecule has 0 atom stereocenters. The van der Waals surface area contributed by atoms with Crippen molar-refractivity contribution in [2.24, 2.45) is 0 Å². The van der Waals surface area contributed by atoms with Gasteiger partial charge in [0.25, 0.3) is 0 Å². The molecule has 0 spiro atoms. The number of hydrogen-bond donors (Lipinski definition) is 0. The Labute approximate surface area is 70.3 Å². The molecular formula is C8H17ClSi. The van der Waals surface area contributed by atoms with Crippen LogP contribution in [0.15, 0.2) is 11.6 Å². The lowest BCUT2D eigenvalue weighted by Gasteiger charge is -2.15. The first-order valence-corrected chi connectivity index (χ1v) is 7.62. The Morgan fingerprint density at radius 3 is 2.20 bits per heavy atom. The van der Waals surface area contributed by atoms with Crippen LogP contribution in [-0.2, 0) is 0 Å². The van der Waals surface area contributed by atoms with E-state index >= 15 is 0 Å². The average molecular weight is 177 g/mol. The largest absolute Gasteiger partial charge is 0.130 e. The Morgan fingerprint density at radius 2 is 1.90 bits per heavy atom. The van der Waals surface area contributed by atoms with Gasteiger partial charge in [-0.25, -0.2) is 0 Å². The number of rotatable bonds is 3. The summed E-state index contributed by atoms with van der Waals surface area (Å²) >= 11 is 5.81. The molecule has 0 radical (unpaired) electrons. The Kier molecular flexibility index (Phi) is 4.30. The van der Waals surface area contributed by atoms with Crippen LogP contribution in [0, 0.1) is 0 Å². The normalized spacial score (nSPS) is 11.3. The third-order valence-corrected chi connectivity index (χ3v) is 5.63. The molecule has 0 rings (SSSR count). The zero-order valence-corrected chi connectivity index (χ0v) is 9.13. The molecule has 0 nitrogen and oxygen atoms in total. The van der Waals surface area contributed by atoms with Crippen molar-refractivity contribution in [1.82, 2.24) is 0 Å². The van der Waals surface area contributed by atoms with Crippen LogP contribution in [0.1, 0.15) is 13.8 Å². The monoisotopic (exact) mass is 176 g/mol. The van der Waals surface area contributed by atoms with E-state index in [0.717, 1.165) is 5.50 Å². The molecule has 10 heavy (non-hydrogen) atoms. The van der Waals surface area contributed by atoms with Crippen LogP contribution in [0.3, 0.4) is 0 Å². The van der Waals surface area contributed by atoms with Crippen molar-refractivity contribution in [2.45, 2.75) is 33.0 Å². The maximum absolute atomic E-state index is 5.81. The van der Waals surface area contributed by atoms with E-state index in [4.69, 9.17) is 11.6 Å². The maximum Gasteiger partial charge on any atom is 0.0676 e. The summed E-state index contributed by atoms with van der Waals surface area (Å²) in [6.45, 7) is 8.91. The topological polar surface area (TPSA) is 0 Å². The lowest BCUT2D eigenvalue weighted by atomic mass is 10.3. The Morgan fingerprint density at radius 1 is 1.40 bits per heavy atom. The molecule has 0 bridgehead atoms. The van der Waals surface area contributed by atoms with E-state index in [0.29, 0.717) is 0 Å². The van der Waals surface area contributed by atoms with Gasteiger partial charge in [-0.15, -0.1) is 11.6 Å². The molecule has 0 aromatic heterocycles. The summed E-state index contributed by atoms with van der Waals surface area (Å²) in [7, 11) is -1.05. The highest BCUT2D eigenvalue weighted by Crippen LogP contribution is 2.12. The zero-order chi connectivity index (χ0) is 8.20. The smallest absolute Gasteiger partial charge is 0.0676 e. The summed E-state index contributed by atoms with van der Waals surface area (Å²) in [5.74, 6) is 0. The van der Waals surface area contributed by atoms with Crippen molar-refractivity contribution >= 4 is 19.7 Å². The van der Waals surface area contributed by atoms with Crippen LogP contribution in [0.4, 0.5) is 0 Å². The van der Waals surface area contributed by atoms with E-state index in [1.807, 2.05) is 0 Å². The van der Waals surface area contributed by atoms with Crippen LogP contribution in [-0.4, -0.2) is 13.6 Å². The minimum atomic E-state index is -1.05. The highest BCUT2D eigenvalue weighted by atomic mass is 35.5. The van der Waals surface area contributed by atoms with Crippen LogP contribution in [0.25, 0.3) is 0 Å². The molecule has 0 saturated heterocycles. The fourth-order valence-electron chi connectivity index (χ4n) is 0.535. The Bertz CT molecular complexity index is 123. The molecule has 0 aliphatic rings. The molecule has 0 aromatic carbocycles. The number of halogens is 1. The van der Waals surface area contributed by atoms with Gasteiger partial charge in [-0.2, -0.15) is 0 Å². The molecule has 0 heterocycles. The third kappa shape index (κ3) is 5.07. The number of allylic oxidation sites excluding steroid dienone is 2. The molecular weight excluding hydrogens is 160 g/mol. The predicted molar refractivity (Wildman–Crippen MR) is 52.4 cm³/mol. The van der Waals surface area contributed by atoms with E-state index in [1.165, 1.54) is 11.6 Å². The minimum Gasteiger partial charge on any atom is -0.130 e. The van der Waals surface area contributed by atoms with Gasteiger partial charge in [0, 0.05) is 5.50 Å². The van der Waals surface area contributed by atoms with Crippen molar-refractivity contribution in [1.29, 1.82) is 0 Å². The molecule has 0 aromatic rings. The Hall–Kier alpha value is 0.247. The van der Waals surface area contributed by atoms with E-state index in [9.17, 15) is 0 Å². The van der Waals surface area contributed by atoms with Gasteiger partial charge in [-0.3, -0.25) is 0 Å². The van der Waals surface area contributed by atoms with Gasteiger partial charge >= 0.3 is 0 Å². The highest BCUT2D eigenvalue weighted by molar-refractivity contribution is 6.83. The van der Waals surface area contributed by atoms with Crippen LogP contribution >= 0.6 is 11.6 Å². The van der Waals surface area contributed by atoms with Crippen molar-refractivity contribution in [3.63, 3.8) is 0 Å². The molecule has 0 unspecified atom stereocenters. The molecule has 0 N–H and O–H groups in total. The summed E-state index contributed by atoms with van der Waals surface area (Å²) < 4.78 is 0. The van der Waals surface area contributed by atoms with Crippen molar-refractivity contribution < 1.29 is 0 Å². The van der Waals surface area contributed by atoms with E-state index in [-0.39, 0.29) is 0 Å². The van der Waals surface area contributed by atoms with Crippen molar-refractivity contribution in [2.75, 3.05) is 5.50 Å². The molecule has 0 aliphatic heterocycles. The third-order valence-electron chi connectivity index (χ3n) is 1.42. The van der Waals surface area contributed by atoms with Gasteiger partial charge < -0.3 is 0 Å². The lowest BCUT2D eigenvalue weighted by molar-refractivity contribution is 1.33. The van der Waals surface area contributed by atoms with E-state index in [1.54, 1.807) is 0 Å². The number of alkyl halides is 1. The zero-order valence-electron chi connectivity index (χ0n) is 7.37. The van der Waals surface area contributed by atoms with E-state index < -0.39 is 8.07 Å². The summed E-state index contributed by atoms with van der Waals surface area (Å²) in [5, 5.41) is 0. The SMILES string of the molecule is CC(C)=CC[Si](C)(C)CCl. The predicted octanol–water partition coefficient (Wildman–Crippen LogP) is 3.44. The van der Waals surface area contributed by atoms with Gasteiger partial charge in [0.2, 0.25) is 0 Å². The minimum absolute atomic E-state index is 0.872. The van der Waals surface area contributed by atoms with Crippen molar-refractivity contribution in [3.8, 4) is 0 Å². The van der Waals surface area contributed by atoms with Crippen LogP contribution in [0.5, 0.6) is 0 Å². The van der Waals surface area contributed by atoms with Gasteiger partial charge in [0.15, 0.2) is 0 Å². The van der Waals surface area contributed by atoms with Gasteiger partial charge in [-0.1, -0.05) is 24.7 Å². The molecule has 0 saturated carbocycles. The fraction of sp³-hybridized carbons (Fsp3) is 0.750. The summed E-state index contributed by atoms with van der Waals surface area (Å²) in [5.41, 5.74) is 2.28. The second kappa shape index (κ2) is 4.19. The molecule has 0 aliphatic carbocycles. The van der Waals surface area contributed by atoms with Crippen LogP contribution < -0.4 is 0 Å². The van der Waals surface area contributed by atoms with Crippen LogP contribution in [0.2, 0.25) is 19.1 Å². The van der Waals surface area contributed by atoms with Gasteiger partial charge in [0.1, 0.15) is 0 Å². The molecule has 60 valence electrons. The summed E-state index contributed by atoms with van der Waals surface area (Å²) in [4.78, 5) is 0. The highest BCUT2D eigenvalue weighted by Gasteiger charge is 2.16. The average Bonchev–Trinajstić information content (AvgIpc) is 1.85. The lowest BCUT2D eigenvalue weighted by Crippen LogP contribution is -2.26. The van der Waals surface area contributed by atoms with E-state index in [2.05, 4.69) is 33.0 Å². The second-order valence-corrected chi connectivity index (χ2v) is 9.59. The molecule has 2 heteroatoms. The summed E-state index contributed by atoms with van der Waals surface area (Å²) in [6.07, 6.45) is 2.30. The first kappa shape index (κ1) is 10.2. The fourth-order valence-corrected chi connectivity index (χ4v) is 1.93.